The number of carbonyl (C=O) groups excluding carboxylic acids is 1. The molecule has 1 rings (SSSR count). The second-order valence-electron chi connectivity index (χ2n) is 2.85. The van der Waals surface area contributed by atoms with Gasteiger partial charge in [-0.15, -0.1) is 0 Å². The van der Waals surface area contributed by atoms with Gasteiger partial charge in [-0.1, -0.05) is 0 Å². The zero-order chi connectivity index (χ0) is 9.84. The van der Waals surface area contributed by atoms with Gasteiger partial charge >= 0.3 is 0 Å². The van der Waals surface area contributed by atoms with Crippen molar-refractivity contribution >= 4 is 5.91 Å². The first-order chi connectivity index (χ1) is 6.15. The molecule has 0 unspecified atom stereocenters. The highest BCUT2D eigenvalue weighted by molar-refractivity contribution is 5.90. The topological polar surface area (TPSA) is 58.4 Å². The highest BCUT2D eigenvalue weighted by Gasteiger charge is 2.13. The molecule has 1 amide bonds. The highest BCUT2D eigenvalue weighted by Crippen LogP contribution is 2.05. The predicted molar refractivity (Wildman–Crippen MR) is 47.3 cm³/mol. The zero-order valence-corrected chi connectivity index (χ0v) is 8.00. The number of nitrogens with zero attached hydrogens (tertiary/aromatic N) is 2. The molecule has 0 bridgehead atoms. The Morgan fingerprint density at radius 3 is 2.92 bits per heavy atom. The second-order valence-corrected chi connectivity index (χ2v) is 2.85. The van der Waals surface area contributed by atoms with Crippen LogP contribution in [-0.4, -0.2) is 36.9 Å². The molecule has 5 nitrogen and oxygen atoms in total. The molecule has 1 aromatic heterocycles. The predicted octanol–water partition coefficient (Wildman–Crippen LogP) is 0.0958. The van der Waals surface area contributed by atoms with Crippen molar-refractivity contribution in [1.29, 1.82) is 0 Å². The maximum absolute atomic E-state index is 11.3. The third kappa shape index (κ3) is 2.29. The quantitative estimate of drug-likeness (QED) is 0.721. The van der Waals surface area contributed by atoms with Crippen LogP contribution in [0.1, 0.15) is 16.4 Å². The molecule has 0 atom stereocenters. The fourth-order valence-electron chi connectivity index (χ4n) is 0.862. The number of oxazole rings is 1. The first kappa shape index (κ1) is 9.73. The van der Waals surface area contributed by atoms with Crippen molar-refractivity contribution in [2.75, 3.05) is 21.1 Å². The minimum atomic E-state index is -0.171. The number of amides is 1. The van der Waals surface area contributed by atoms with Gasteiger partial charge in [0.2, 0.25) is 11.7 Å². The van der Waals surface area contributed by atoms with Gasteiger partial charge in [-0.2, -0.15) is 0 Å². The number of carbonyl (C=O) groups is 1. The highest BCUT2D eigenvalue weighted by atomic mass is 16.4. The monoisotopic (exact) mass is 183 g/mol. The average Bonchev–Trinajstić information content (AvgIpc) is 2.52. The molecule has 1 N–H and O–H groups in total. The van der Waals surface area contributed by atoms with Crippen LogP contribution in [0.2, 0.25) is 0 Å². The molecule has 0 aliphatic rings. The van der Waals surface area contributed by atoms with E-state index in [1.807, 2.05) is 0 Å². The first-order valence-electron chi connectivity index (χ1n) is 3.96. The van der Waals surface area contributed by atoms with Gasteiger partial charge in [0.1, 0.15) is 0 Å². The Morgan fingerprint density at radius 1 is 1.69 bits per heavy atom. The Bertz CT molecular complexity index is 293. The van der Waals surface area contributed by atoms with Gasteiger partial charge in [-0.3, -0.25) is 4.79 Å². The summed E-state index contributed by atoms with van der Waals surface area (Å²) in [5, 5.41) is 2.88. The van der Waals surface area contributed by atoms with Gasteiger partial charge in [-0.05, 0) is 7.05 Å². The van der Waals surface area contributed by atoms with Crippen molar-refractivity contribution in [3.8, 4) is 0 Å². The standard InChI is InChI=1S/C8H13N3O2/c1-9-5-7-10-4-6(13-7)8(12)11(2)3/h4,9H,5H2,1-3H3. The van der Waals surface area contributed by atoms with Crippen LogP contribution in [0.15, 0.2) is 10.6 Å². The van der Waals surface area contributed by atoms with E-state index in [1.54, 1.807) is 21.1 Å². The van der Waals surface area contributed by atoms with Crippen LogP contribution in [-0.2, 0) is 6.54 Å². The van der Waals surface area contributed by atoms with E-state index in [0.717, 1.165) is 0 Å². The van der Waals surface area contributed by atoms with Crippen LogP contribution >= 0.6 is 0 Å². The summed E-state index contributed by atoms with van der Waals surface area (Å²) in [6, 6.07) is 0. The molecule has 0 spiro atoms. The van der Waals surface area contributed by atoms with Gasteiger partial charge in [-0.25, -0.2) is 4.98 Å². The molecule has 0 saturated carbocycles. The summed E-state index contributed by atoms with van der Waals surface area (Å²) in [6.07, 6.45) is 1.44. The summed E-state index contributed by atoms with van der Waals surface area (Å²) in [7, 11) is 5.13. The number of hydrogen-bond acceptors (Lipinski definition) is 4. The second kappa shape index (κ2) is 4.04. The molecule has 0 saturated heterocycles. The molecule has 1 aromatic rings. The molecule has 5 heteroatoms. The lowest BCUT2D eigenvalue weighted by Gasteiger charge is -2.05. The lowest BCUT2D eigenvalue weighted by atomic mass is 10.4. The Kier molecular flexibility index (Phi) is 3.02. The third-order valence-electron chi connectivity index (χ3n) is 1.50. The van der Waals surface area contributed by atoms with Crippen LogP contribution in [0.3, 0.4) is 0 Å². The summed E-state index contributed by atoms with van der Waals surface area (Å²) in [6.45, 7) is 0.528. The number of hydrogen-bond donors (Lipinski definition) is 1. The minimum absolute atomic E-state index is 0.171. The maximum Gasteiger partial charge on any atom is 0.290 e. The van der Waals surface area contributed by atoms with Gasteiger partial charge < -0.3 is 14.6 Å². The fourth-order valence-corrected chi connectivity index (χ4v) is 0.862. The van der Waals surface area contributed by atoms with E-state index in [-0.39, 0.29) is 11.7 Å². The Hall–Kier alpha value is -1.36. The van der Waals surface area contributed by atoms with E-state index in [0.29, 0.717) is 12.4 Å². The molecular weight excluding hydrogens is 170 g/mol. The van der Waals surface area contributed by atoms with E-state index in [9.17, 15) is 4.79 Å². The number of aromatic nitrogens is 1. The number of rotatable bonds is 3. The van der Waals surface area contributed by atoms with Crippen LogP contribution in [0.4, 0.5) is 0 Å². The molecule has 0 radical (unpaired) electrons. The molecule has 0 aliphatic carbocycles. The Labute approximate surface area is 76.7 Å². The van der Waals surface area contributed by atoms with Gasteiger partial charge in [0.05, 0.1) is 12.7 Å². The zero-order valence-electron chi connectivity index (χ0n) is 8.00. The van der Waals surface area contributed by atoms with E-state index < -0.39 is 0 Å². The molecule has 13 heavy (non-hydrogen) atoms. The molecular formula is C8H13N3O2. The van der Waals surface area contributed by atoms with Crippen LogP contribution in [0.5, 0.6) is 0 Å². The van der Waals surface area contributed by atoms with Crippen molar-refractivity contribution in [2.24, 2.45) is 0 Å². The van der Waals surface area contributed by atoms with Crippen molar-refractivity contribution in [3.05, 3.63) is 17.8 Å². The van der Waals surface area contributed by atoms with E-state index >= 15 is 0 Å². The summed E-state index contributed by atoms with van der Waals surface area (Å²) in [5.74, 6) is 0.623. The van der Waals surface area contributed by atoms with Crippen molar-refractivity contribution < 1.29 is 9.21 Å². The lowest BCUT2D eigenvalue weighted by molar-refractivity contribution is 0.0794. The molecule has 0 fully saturated rings. The minimum Gasteiger partial charge on any atom is -0.434 e. The van der Waals surface area contributed by atoms with Gasteiger partial charge in [0.25, 0.3) is 5.91 Å². The van der Waals surface area contributed by atoms with Crippen molar-refractivity contribution in [1.82, 2.24) is 15.2 Å². The van der Waals surface area contributed by atoms with Gasteiger partial charge in [0, 0.05) is 14.1 Å². The molecule has 0 aromatic carbocycles. The van der Waals surface area contributed by atoms with E-state index in [1.165, 1.54) is 11.1 Å². The van der Waals surface area contributed by atoms with Crippen molar-refractivity contribution in [2.45, 2.75) is 6.54 Å². The summed E-state index contributed by atoms with van der Waals surface area (Å²) < 4.78 is 5.18. The first-order valence-corrected chi connectivity index (χ1v) is 3.96. The molecule has 72 valence electrons. The largest absolute Gasteiger partial charge is 0.434 e. The third-order valence-corrected chi connectivity index (χ3v) is 1.50. The summed E-state index contributed by atoms with van der Waals surface area (Å²) in [4.78, 5) is 16.7. The van der Waals surface area contributed by atoms with Crippen LogP contribution in [0, 0.1) is 0 Å². The lowest BCUT2D eigenvalue weighted by Crippen LogP contribution is -2.21. The van der Waals surface area contributed by atoms with Crippen LogP contribution < -0.4 is 5.32 Å². The van der Waals surface area contributed by atoms with Crippen molar-refractivity contribution in [3.63, 3.8) is 0 Å². The number of nitrogens with one attached hydrogen (secondary N) is 1. The fraction of sp³-hybridized carbons (Fsp3) is 0.500. The smallest absolute Gasteiger partial charge is 0.290 e. The molecule has 0 aliphatic heterocycles. The Balaban J connectivity index is 2.73. The van der Waals surface area contributed by atoms with Gasteiger partial charge in [0.15, 0.2) is 0 Å². The molecule has 1 heterocycles. The van der Waals surface area contributed by atoms with Crippen LogP contribution in [0.25, 0.3) is 0 Å². The maximum atomic E-state index is 11.3. The average molecular weight is 183 g/mol. The summed E-state index contributed by atoms with van der Waals surface area (Å²) >= 11 is 0. The van der Waals surface area contributed by atoms with E-state index in [2.05, 4.69) is 10.3 Å². The Morgan fingerprint density at radius 2 is 2.38 bits per heavy atom. The SMILES string of the molecule is CNCc1ncc(C(=O)N(C)C)o1. The summed E-state index contributed by atoms with van der Waals surface area (Å²) in [5.41, 5.74) is 0. The van der Waals surface area contributed by atoms with E-state index in [4.69, 9.17) is 4.42 Å². The normalized spacial score (nSPS) is 10.1.